The van der Waals surface area contributed by atoms with Crippen LogP contribution in [-0.2, 0) is 9.84 Å². The molecule has 0 spiro atoms. The quantitative estimate of drug-likeness (QED) is 0.800. The van der Waals surface area contributed by atoms with Crippen LogP contribution >= 0.6 is 0 Å². The molecule has 19 heavy (non-hydrogen) atoms. The molecule has 2 rings (SSSR count). The lowest BCUT2D eigenvalue weighted by Gasteiger charge is -2.27. The van der Waals surface area contributed by atoms with Gasteiger partial charge in [0.1, 0.15) is 0 Å². The molecule has 1 aliphatic heterocycles. The second-order valence-electron chi connectivity index (χ2n) is 6.32. The molecule has 4 nitrogen and oxygen atoms in total. The summed E-state index contributed by atoms with van der Waals surface area (Å²) < 4.78 is 22.7. The van der Waals surface area contributed by atoms with Gasteiger partial charge in [-0.25, -0.2) is 8.42 Å². The molecule has 2 fully saturated rings. The van der Waals surface area contributed by atoms with Crippen molar-refractivity contribution in [1.29, 1.82) is 0 Å². The first-order valence-corrected chi connectivity index (χ1v) is 9.50. The topological polar surface area (TPSA) is 49.4 Å². The van der Waals surface area contributed by atoms with Crippen molar-refractivity contribution in [3.8, 4) is 0 Å². The van der Waals surface area contributed by atoms with Crippen LogP contribution in [0.25, 0.3) is 0 Å². The van der Waals surface area contributed by atoms with Crippen LogP contribution in [0.3, 0.4) is 0 Å². The Hall–Kier alpha value is -0.130. The van der Waals surface area contributed by atoms with E-state index in [1.165, 1.54) is 38.6 Å². The van der Waals surface area contributed by atoms with E-state index in [0.717, 1.165) is 25.4 Å². The molecule has 1 heterocycles. The van der Waals surface area contributed by atoms with E-state index in [0.29, 0.717) is 11.5 Å². The predicted molar refractivity (Wildman–Crippen MR) is 79.1 cm³/mol. The van der Waals surface area contributed by atoms with E-state index < -0.39 is 9.84 Å². The van der Waals surface area contributed by atoms with E-state index in [4.69, 9.17) is 0 Å². The predicted octanol–water partition coefficient (Wildman–Crippen LogP) is 1.28. The Morgan fingerprint density at radius 2 is 1.89 bits per heavy atom. The van der Waals surface area contributed by atoms with Gasteiger partial charge in [-0.05, 0) is 32.2 Å². The number of hydrogen-bond acceptors (Lipinski definition) is 4. The maximum atomic E-state index is 11.4. The van der Waals surface area contributed by atoms with E-state index >= 15 is 0 Å². The van der Waals surface area contributed by atoms with Crippen molar-refractivity contribution >= 4 is 9.84 Å². The van der Waals surface area contributed by atoms with Gasteiger partial charge in [0, 0.05) is 25.7 Å². The van der Waals surface area contributed by atoms with Gasteiger partial charge >= 0.3 is 0 Å². The van der Waals surface area contributed by atoms with Gasteiger partial charge in [0.15, 0.2) is 9.84 Å². The van der Waals surface area contributed by atoms with Gasteiger partial charge in [0.2, 0.25) is 0 Å². The third kappa shape index (κ3) is 5.40. The van der Waals surface area contributed by atoms with Crippen LogP contribution in [0, 0.1) is 5.92 Å². The fraction of sp³-hybridized carbons (Fsp3) is 1.00. The Morgan fingerprint density at radius 1 is 1.16 bits per heavy atom. The molecule has 1 unspecified atom stereocenters. The van der Waals surface area contributed by atoms with Crippen LogP contribution in [-0.4, -0.2) is 57.5 Å². The first-order chi connectivity index (χ1) is 9.05. The van der Waals surface area contributed by atoms with Crippen molar-refractivity contribution in [3.05, 3.63) is 0 Å². The van der Waals surface area contributed by atoms with Crippen LogP contribution in [0.15, 0.2) is 0 Å². The number of sulfone groups is 1. The van der Waals surface area contributed by atoms with Crippen molar-refractivity contribution < 1.29 is 8.42 Å². The molecular formula is C14H28N2O2S. The summed E-state index contributed by atoms with van der Waals surface area (Å²) in [6, 6.07) is 0.188. The summed E-state index contributed by atoms with van der Waals surface area (Å²) in [6.45, 7) is 3.13. The Kier molecular flexibility index (Phi) is 5.66. The van der Waals surface area contributed by atoms with Crippen LogP contribution < -0.4 is 5.32 Å². The van der Waals surface area contributed by atoms with E-state index in [-0.39, 0.29) is 6.04 Å². The zero-order chi connectivity index (χ0) is 13.7. The fourth-order valence-corrected chi connectivity index (χ4v) is 5.03. The highest BCUT2D eigenvalue weighted by atomic mass is 32.2. The number of nitrogens with zero attached hydrogens (tertiary/aromatic N) is 1. The van der Waals surface area contributed by atoms with Crippen LogP contribution in [0.5, 0.6) is 0 Å². The number of rotatable bonds is 6. The zero-order valence-electron chi connectivity index (χ0n) is 12.1. The molecule has 1 aliphatic carbocycles. The summed E-state index contributed by atoms with van der Waals surface area (Å²) >= 11 is 0. The van der Waals surface area contributed by atoms with E-state index in [1.807, 2.05) is 0 Å². The Labute approximate surface area is 117 Å². The summed E-state index contributed by atoms with van der Waals surface area (Å²) in [6.07, 6.45) is 7.78. The largest absolute Gasteiger partial charge is 0.312 e. The van der Waals surface area contributed by atoms with E-state index in [9.17, 15) is 8.42 Å². The number of hydrogen-bond donors (Lipinski definition) is 1. The second kappa shape index (κ2) is 7.04. The van der Waals surface area contributed by atoms with Crippen LogP contribution in [0.4, 0.5) is 0 Å². The molecule has 0 aromatic carbocycles. The first kappa shape index (κ1) is 15.3. The lowest BCUT2D eigenvalue weighted by atomic mass is 9.89. The first-order valence-electron chi connectivity index (χ1n) is 7.67. The lowest BCUT2D eigenvalue weighted by molar-refractivity contribution is 0.232. The summed E-state index contributed by atoms with van der Waals surface area (Å²) in [4.78, 5) is 2.40. The average molecular weight is 288 g/mol. The lowest BCUT2D eigenvalue weighted by Crippen LogP contribution is -2.38. The minimum absolute atomic E-state index is 0.188. The Bertz CT molecular complexity index is 364. The fourth-order valence-electron chi connectivity index (χ4n) is 3.32. The molecule has 112 valence electrons. The molecule has 1 N–H and O–H groups in total. The van der Waals surface area contributed by atoms with Gasteiger partial charge < -0.3 is 10.2 Å². The SMILES string of the molecule is CN(CCNC1CCS(=O)(=O)C1)CC1CCCCC1. The van der Waals surface area contributed by atoms with Crippen molar-refractivity contribution in [3.63, 3.8) is 0 Å². The van der Waals surface area contributed by atoms with E-state index in [2.05, 4.69) is 17.3 Å². The zero-order valence-corrected chi connectivity index (χ0v) is 12.9. The van der Waals surface area contributed by atoms with Crippen molar-refractivity contribution in [1.82, 2.24) is 10.2 Å². The molecule has 1 atom stereocenters. The maximum absolute atomic E-state index is 11.4. The molecule has 5 heteroatoms. The highest BCUT2D eigenvalue weighted by Gasteiger charge is 2.27. The van der Waals surface area contributed by atoms with Crippen LogP contribution in [0.1, 0.15) is 38.5 Å². The molecule has 0 bridgehead atoms. The summed E-state index contributed by atoms with van der Waals surface area (Å²) in [7, 11) is -0.563. The number of nitrogens with one attached hydrogen (secondary N) is 1. The van der Waals surface area contributed by atoms with Crippen molar-refractivity contribution in [2.45, 2.75) is 44.6 Å². The minimum Gasteiger partial charge on any atom is -0.312 e. The van der Waals surface area contributed by atoms with Gasteiger partial charge in [-0.15, -0.1) is 0 Å². The minimum atomic E-state index is -2.74. The van der Waals surface area contributed by atoms with Gasteiger partial charge in [-0.3, -0.25) is 0 Å². The monoisotopic (exact) mass is 288 g/mol. The summed E-state index contributed by atoms with van der Waals surface area (Å²) in [5.74, 6) is 1.58. The van der Waals surface area contributed by atoms with Gasteiger partial charge in [-0.1, -0.05) is 19.3 Å². The van der Waals surface area contributed by atoms with Crippen LogP contribution in [0.2, 0.25) is 0 Å². The average Bonchev–Trinajstić information content (AvgIpc) is 2.70. The van der Waals surface area contributed by atoms with Gasteiger partial charge in [-0.2, -0.15) is 0 Å². The van der Waals surface area contributed by atoms with Crippen molar-refractivity contribution in [2.24, 2.45) is 5.92 Å². The maximum Gasteiger partial charge on any atom is 0.151 e. The molecule has 0 radical (unpaired) electrons. The number of likely N-dealkylation sites (N-methyl/N-ethyl adjacent to an activating group) is 1. The van der Waals surface area contributed by atoms with Crippen molar-refractivity contribution in [2.75, 3.05) is 38.2 Å². The third-order valence-corrected chi connectivity index (χ3v) is 6.22. The second-order valence-corrected chi connectivity index (χ2v) is 8.55. The molecule has 0 amide bonds. The van der Waals surface area contributed by atoms with Gasteiger partial charge in [0.05, 0.1) is 11.5 Å². The van der Waals surface area contributed by atoms with E-state index in [1.54, 1.807) is 0 Å². The molecule has 1 saturated heterocycles. The van der Waals surface area contributed by atoms with Gasteiger partial charge in [0.25, 0.3) is 0 Å². The third-order valence-electron chi connectivity index (χ3n) is 4.45. The normalized spacial score (nSPS) is 28.0. The highest BCUT2D eigenvalue weighted by molar-refractivity contribution is 7.91. The Balaban J connectivity index is 1.57. The summed E-state index contributed by atoms with van der Waals surface area (Å²) in [5.41, 5.74) is 0. The molecular weight excluding hydrogens is 260 g/mol. The summed E-state index contributed by atoms with van der Waals surface area (Å²) in [5, 5.41) is 3.38. The molecule has 1 saturated carbocycles. The highest BCUT2D eigenvalue weighted by Crippen LogP contribution is 2.23. The molecule has 2 aliphatic rings. The standard InChI is InChI=1S/C14H28N2O2S/c1-16(11-13-5-3-2-4-6-13)9-8-15-14-7-10-19(17,18)12-14/h13-15H,2-12H2,1H3. The molecule has 0 aromatic rings. The Morgan fingerprint density at radius 3 is 2.53 bits per heavy atom. The molecule has 0 aromatic heterocycles. The smallest absolute Gasteiger partial charge is 0.151 e.